The fourth-order valence-corrected chi connectivity index (χ4v) is 4.31. The van der Waals surface area contributed by atoms with E-state index in [0.717, 1.165) is 47.9 Å². The largest absolute Gasteiger partial charge is 0.0542 e. The monoisotopic (exact) mass is 525 g/mol. The number of nitrogens with two attached hydrogens (primary N) is 1. The molecule has 0 atom stereocenters. The first-order valence-corrected chi connectivity index (χ1v) is 10.7. The van der Waals surface area contributed by atoms with Crippen LogP contribution in [0.15, 0.2) is 48.5 Å². The van der Waals surface area contributed by atoms with Crippen LogP contribution in [0.5, 0.6) is 0 Å². The number of aromatic amines is 1. The first-order chi connectivity index (χ1) is 13.5. The maximum absolute atomic E-state index is 13.0. The summed E-state index contributed by atoms with van der Waals surface area (Å²) in [7, 11) is 0. The van der Waals surface area contributed by atoms with Crippen LogP contribution in [0.4, 0.5) is 0 Å². The van der Waals surface area contributed by atoms with Crippen LogP contribution >= 0.6 is 0 Å². The average Bonchev–Trinajstić information content (AvgIpc) is 3.16. The van der Waals surface area contributed by atoms with Crippen molar-refractivity contribution in [2.45, 2.75) is 25.3 Å². The summed E-state index contributed by atoms with van der Waals surface area (Å²) in [4.78, 5) is 18.1. The van der Waals surface area contributed by atoms with Gasteiger partial charge in [-0.15, -0.1) is 0 Å². The quantitative estimate of drug-likeness (QED) is 0.456. The zero-order valence-electron chi connectivity index (χ0n) is 15.5. The normalized spacial score (nSPS) is 15.2. The van der Waals surface area contributed by atoms with Gasteiger partial charge in [0.25, 0.3) is 0 Å². The fraction of sp³-hybridized carbons (Fsp3) is 0.286. The van der Waals surface area contributed by atoms with Gasteiger partial charge in [0.2, 0.25) is 0 Å². The van der Waals surface area contributed by atoms with E-state index in [1.54, 1.807) is 0 Å². The van der Waals surface area contributed by atoms with E-state index >= 15 is 0 Å². The molecule has 7 heteroatoms. The van der Waals surface area contributed by atoms with Crippen LogP contribution in [0.3, 0.4) is 0 Å². The van der Waals surface area contributed by atoms with Crippen LogP contribution in [0.25, 0.3) is 10.9 Å². The van der Waals surface area contributed by atoms with Gasteiger partial charge in [0.1, 0.15) is 0 Å². The summed E-state index contributed by atoms with van der Waals surface area (Å²) in [6.07, 6.45) is 1.93. The number of fused-ring (bicyclic) bond motifs is 1. The van der Waals surface area contributed by atoms with E-state index in [4.69, 9.17) is 5.73 Å². The number of benzene rings is 2. The van der Waals surface area contributed by atoms with Crippen LogP contribution in [0.1, 0.15) is 40.4 Å². The van der Waals surface area contributed by atoms with E-state index in [-0.39, 0.29) is 5.91 Å². The van der Waals surface area contributed by atoms with Crippen molar-refractivity contribution in [1.29, 1.82) is 0 Å². The zero-order chi connectivity index (χ0) is 19.7. The number of carbonyl (C=O) groups is 1. The molecular formula is C21H23BHoN3O2. The van der Waals surface area contributed by atoms with E-state index < -0.39 is 2.73 Å². The van der Waals surface area contributed by atoms with Gasteiger partial charge in [-0.3, -0.25) is 0 Å². The molecule has 1 aliphatic heterocycles. The number of carbonyl (C=O) groups excluding carboxylic acids is 1. The van der Waals surface area contributed by atoms with Crippen LogP contribution in [-0.4, -0.2) is 36.6 Å². The number of hydrogen-bond donors (Lipinski definition) is 3. The Hall–Kier alpha value is -1.31. The van der Waals surface area contributed by atoms with Gasteiger partial charge in [-0.25, -0.2) is 0 Å². The first-order valence-electron chi connectivity index (χ1n) is 9.53. The van der Waals surface area contributed by atoms with Gasteiger partial charge in [-0.05, 0) is 5.56 Å². The molecule has 0 spiro atoms. The molecule has 1 fully saturated rings. The molecule has 0 radical (unpaired) electrons. The van der Waals surface area contributed by atoms with Crippen LogP contribution in [0, 0.1) is 35.5 Å². The minimum Gasteiger partial charge on any atom is -0.0542 e. The molecule has 4 rings (SSSR count). The summed E-state index contributed by atoms with van der Waals surface area (Å²) in [5.41, 5.74) is 10.6. The van der Waals surface area contributed by atoms with Crippen molar-refractivity contribution in [1.82, 2.24) is 9.88 Å². The second-order valence-electron chi connectivity index (χ2n) is 7.34. The van der Waals surface area contributed by atoms with Crippen molar-refractivity contribution < 1.29 is 45.3 Å². The van der Waals surface area contributed by atoms with Gasteiger partial charge in [0.05, 0.1) is 0 Å². The number of H-pyrrole nitrogens is 1. The molecule has 1 aromatic heterocycles. The predicted molar refractivity (Wildman–Crippen MR) is 108 cm³/mol. The van der Waals surface area contributed by atoms with Gasteiger partial charge in [0.15, 0.2) is 0 Å². The molecule has 0 unspecified atom stereocenters. The Balaban J connectivity index is 1.45. The van der Waals surface area contributed by atoms with Gasteiger partial charge >= 0.3 is 148 Å². The van der Waals surface area contributed by atoms with Crippen molar-refractivity contribution in [3.05, 3.63) is 65.4 Å². The molecule has 2 aromatic carbocycles. The van der Waals surface area contributed by atoms with Crippen LogP contribution in [0.2, 0.25) is 0 Å². The Kier molecular flexibility index (Phi) is 6.14. The summed E-state index contributed by atoms with van der Waals surface area (Å²) in [5, 5.41) is 10.7. The van der Waals surface area contributed by atoms with Crippen molar-refractivity contribution in [3.8, 4) is 0 Å². The van der Waals surface area contributed by atoms with Gasteiger partial charge in [-0.1, -0.05) is 24.3 Å². The maximum atomic E-state index is 13.0. The first kappa shape index (κ1) is 20.0. The average molecular weight is 525 g/mol. The summed E-state index contributed by atoms with van der Waals surface area (Å²) in [6.45, 7) is 2.06. The Morgan fingerprint density at radius 3 is 2.71 bits per heavy atom. The Morgan fingerprint density at radius 2 is 2.00 bits per heavy atom. The summed E-state index contributed by atoms with van der Waals surface area (Å²) < 4.78 is -0.574. The molecule has 0 aliphatic carbocycles. The number of aromatic nitrogens is 1. The predicted octanol–water partition coefficient (Wildman–Crippen LogP) is 1.88. The second kappa shape index (κ2) is 8.60. The standard InChI is InChI=1S/C21H22BN3O2.Ho/c23-13-14-2-1-3-16(10-14)15-6-8-25(9-7-15)21(26)20-12-17-11-18(22-27)4-5-19(17)24-20;/h1-5,10-12,15,27H,6-9,13,23H2;/q;-1/p+1. The summed E-state index contributed by atoms with van der Waals surface area (Å²) in [6, 6.07) is 16.1. The minimum atomic E-state index is -0.574. The summed E-state index contributed by atoms with van der Waals surface area (Å²) in [5.74, 6) is 0.519. The van der Waals surface area contributed by atoms with Crippen molar-refractivity contribution >= 4 is 25.0 Å². The molecule has 1 amide bonds. The topological polar surface area (TPSA) is 82.3 Å². The van der Waals surface area contributed by atoms with Crippen molar-refractivity contribution in [2.75, 3.05) is 13.1 Å². The molecule has 4 N–H and O–H groups in total. The van der Waals surface area contributed by atoms with Gasteiger partial charge in [-0.2, -0.15) is 0 Å². The van der Waals surface area contributed by atoms with E-state index in [0.29, 0.717) is 18.2 Å². The molecule has 148 valence electrons. The molecule has 0 bridgehead atoms. The molecule has 1 saturated heterocycles. The van der Waals surface area contributed by atoms with Crippen LogP contribution in [-0.2, 0) is 6.54 Å². The number of likely N-dealkylation sites (tertiary alicyclic amines) is 1. The van der Waals surface area contributed by atoms with Crippen molar-refractivity contribution in [3.63, 3.8) is 0 Å². The van der Waals surface area contributed by atoms with E-state index in [2.05, 4.69) is 64.7 Å². The van der Waals surface area contributed by atoms with Gasteiger partial charge in [0, 0.05) is 6.54 Å². The zero-order valence-corrected chi connectivity index (χ0v) is 17.4. The van der Waals surface area contributed by atoms with E-state index in [1.165, 1.54) is 5.56 Å². The Bertz CT molecular complexity index is 996. The third kappa shape index (κ3) is 4.17. The van der Waals surface area contributed by atoms with E-state index in [9.17, 15) is 9.82 Å². The molecule has 3 aromatic rings. The molecule has 28 heavy (non-hydrogen) atoms. The number of rotatable bonds is 4. The summed E-state index contributed by atoms with van der Waals surface area (Å²) >= 11 is 2.16. The number of amides is 1. The third-order valence-electron chi connectivity index (χ3n) is 5.57. The number of nitrogens with zero attached hydrogens (tertiary/aromatic N) is 1. The SMILES string of the molecule is NCc1cccc(C2CCN(C(=O)c3cc4cc([B](O)[Ho])ccc4[nH]3)CC2)c1. The fourth-order valence-electron chi connectivity index (χ4n) is 3.96. The Morgan fingerprint density at radius 1 is 1.21 bits per heavy atom. The molecule has 2 heterocycles. The van der Waals surface area contributed by atoms with Gasteiger partial charge < -0.3 is 5.73 Å². The third-order valence-corrected chi connectivity index (χ3v) is 6.21. The number of nitrogens with one attached hydrogen (secondary N) is 1. The maximum Gasteiger partial charge on any atom is -0.0542 e. The van der Waals surface area contributed by atoms with Crippen molar-refractivity contribution in [2.24, 2.45) is 5.73 Å². The van der Waals surface area contributed by atoms with Crippen LogP contribution < -0.4 is 11.2 Å². The Labute approximate surface area is 188 Å². The van der Waals surface area contributed by atoms with E-state index in [1.807, 2.05) is 29.2 Å². The molecule has 5 nitrogen and oxygen atoms in total. The smallest absolute Gasteiger partial charge is 0.0542 e. The minimum absolute atomic E-state index is 0.0419. The molecular weight excluding hydrogens is 502 g/mol. The molecule has 0 saturated carbocycles. The second-order valence-corrected chi connectivity index (χ2v) is 8.40. The number of hydrogen-bond acceptors (Lipinski definition) is 3. The molecule has 1 aliphatic rings. The number of piperidine rings is 1.